The minimum Gasteiger partial charge on any atom is -0.370 e. The summed E-state index contributed by atoms with van der Waals surface area (Å²) in [7, 11) is 0. The van der Waals surface area contributed by atoms with Gasteiger partial charge in [-0.1, -0.05) is 19.1 Å². The summed E-state index contributed by atoms with van der Waals surface area (Å²) in [4.78, 5) is 10.7. The van der Waals surface area contributed by atoms with E-state index in [1.54, 1.807) is 6.92 Å². The second-order valence-electron chi connectivity index (χ2n) is 3.69. The summed E-state index contributed by atoms with van der Waals surface area (Å²) in [5, 5.41) is 0. The minimum atomic E-state index is -4.33. The van der Waals surface area contributed by atoms with Gasteiger partial charge in [-0.2, -0.15) is 13.2 Å². The normalized spacial score (nSPS) is 13.5. The number of benzene rings is 1. The van der Waals surface area contributed by atoms with Gasteiger partial charge in [0.25, 0.3) is 0 Å². The molecule has 88 valence electrons. The van der Waals surface area contributed by atoms with Crippen LogP contribution in [0.4, 0.5) is 13.2 Å². The Hall–Kier alpha value is -1.52. The number of halogens is 3. The Labute approximate surface area is 91.3 Å². The number of nitrogens with two attached hydrogens (primary N) is 1. The van der Waals surface area contributed by atoms with Crippen LogP contribution in [0.25, 0.3) is 0 Å². The van der Waals surface area contributed by atoms with Crippen molar-refractivity contribution in [1.82, 2.24) is 0 Å². The number of rotatable bonds is 3. The lowest BCUT2D eigenvalue weighted by molar-refractivity contribution is -0.137. The van der Waals surface area contributed by atoms with E-state index < -0.39 is 17.6 Å². The standard InChI is InChI=1S/C11H12F3NO/c1-7(6-10(15)16)8-2-4-9(5-3-8)11(12,13)14/h2-5,7H,6H2,1H3,(H2,15,16)/t7-/m0/s1. The zero-order chi connectivity index (χ0) is 12.3. The zero-order valence-electron chi connectivity index (χ0n) is 8.71. The van der Waals surface area contributed by atoms with E-state index in [1.165, 1.54) is 12.1 Å². The maximum atomic E-state index is 12.3. The number of alkyl halides is 3. The zero-order valence-corrected chi connectivity index (χ0v) is 8.71. The van der Waals surface area contributed by atoms with Crippen molar-refractivity contribution in [2.24, 2.45) is 5.73 Å². The molecule has 1 atom stereocenters. The van der Waals surface area contributed by atoms with Crippen LogP contribution in [-0.4, -0.2) is 5.91 Å². The van der Waals surface area contributed by atoms with E-state index in [9.17, 15) is 18.0 Å². The molecule has 0 aromatic heterocycles. The van der Waals surface area contributed by atoms with Gasteiger partial charge >= 0.3 is 6.18 Å². The highest BCUT2D eigenvalue weighted by molar-refractivity contribution is 5.74. The smallest absolute Gasteiger partial charge is 0.370 e. The lowest BCUT2D eigenvalue weighted by Crippen LogP contribution is -2.14. The van der Waals surface area contributed by atoms with Crippen LogP contribution < -0.4 is 5.73 Å². The number of primary amides is 1. The highest BCUT2D eigenvalue weighted by Crippen LogP contribution is 2.30. The minimum absolute atomic E-state index is 0.130. The molecule has 0 aliphatic heterocycles. The van der Waals surface area contributed by atoms with Crippen LogP contribution in [-0.2, 0) is 11.0 Å². The van der Waals surface area contributed by atoms with Crippen molar-refractivity contribution in [3.8, 4) is 0 Å². The highest BCUT2D eigenvalue weighted by atomic mass is 19.4. The lowest BCUT2D eigenvalue weighted by atomic mass is 9.96. The topological polar surface area (TPSA) is 43.1 Å². The van der Waals surface area contributed by atoms with Gasteiger partial charge in [-0.25, -0.2) is 0 Å². The summed E-state index contributed by atoms with van der Waals surface area (Å²) in [5.74, 6) is -0.632. The molecule has 0 aliphatic rings. The van der Waals surface area contributed by atoms with Crippen LogP contribution in [0.3, 0.4) is 0 Å². The summed E-state index contributed by atoms with van der Waals surface area (Å²) < 4.78 is 36.8. The Bertz CT molecular complexity index is 370. The van der Waals surface area contributed by atoms with Crippen LogP contribution in [0.2, 0.25) is 0 Å². The van der Waals surface area contributed by atoms with E-state index in [0.29, 0.717) is 5.56 Å². The maximum absolute atomic E-state index is 12.3. The average molecular weight is 231 g/mol. The SMILES string of the molecule is C[C@@H](CC(N)=O)c1ccc(C(F)(F)F)cc1. The summed E-state index contributed by atoms with van der Waals surface area (Å²) in [6, 6.07) is 4.76. The van der Waals surface area contributed by atoms with Crippen molar-refractivity contribution < 1.29 is 18.0 Å². The van der Waals surface area contributed by atoms with Crippen LogP contribution in [0, 0.1) is 0 Å². The van der Waals surface area contributed by atoms with Crippen LogP contribution in [0.1, 0.15) is 30.4 Å². The van der Waals surface area contributed by atoms with Gasteiger partial charge < -0.3 is 5.73 Å². The molecule has 16 heavy (non-hydrogen) atoms. The molecule has 0 unspecified atom stereocenters. The van der Waals surface area contributed by atoms with E-state index in [0.717, 1.165) is 12.1 Å². The first-order valence-corrected chi connectivity index (χ1v) is 4.76. The van der Waals surface area contributed by atoms with Gasteiger partial charge in [-0.3, -0.25) is 4.79 Å². The number of hydrogen-bond acceptors (Lipinski definition) is 1. The van der Waals surface area contributed by atoms with Crippen molar-refractivity contribution in [3.05, 3.63) is 35.4 Å². The third-order valence-electron chi connectivity index (χ3n) is 2.31. The monoisotopic (exact) mass is 231 g/mol. The quantitative estimate of drug-likeness (QED) is 0.853. The second kappa shape index (κ2) is 4.55. The van der Waals surface area contributed by atoms with Gasteiger partial charge in [0.15, 0.2) is 0 Å². The number of hydrogen-bond donors (Lipinski definition) is 1. The van der Waals surface area contributed by atoms with E-state index >= 15 is 0 Å². The first-order valence-electron chi connectivity index (χ1n) is 4.76. The molecule has 0 heterocycles. The Morgan fingerprint density at radius 3 is 2.19 bits per heavy atom. The summed E-state index contributed by atoms with van der Waals surface area (Å²) in [5.41, 5.74) is 4.99. The second-order valence-corrected chi connectivity index (χ2v) is 3.69. The predicted molar refractivity (Wildman–Crippen MR) is 53.7 cm³/mol. The number of carbonyl (C=O) groups excluding carboxylic acids is 1. The molecular weight excluding hydrogens is 219 g/mol. The van der Waals surface area contributed by atoms with Crippen molar-refractivity contribution in [2.45, 2.75) is 25.4 Å². The van der Waals surface area contributed by atoms with E-state index in [4.69, 9.17) is 5.73 Å². The molecule has 0 saturated heterocycles. The molecule has 1 aromatic carbocycles. The molecule has 1 aromatic rings. The fraction of sp³-hybridized carbons (Fsp3) is 0.364. The molecule has 1 amide bonds. The molecule has 2 N–H and O–H groups in total. The van der Waals surface area contributed by atoms with Crippen molar-refractivity contribution in [3.63, 3.8) is 0 Å². The van der Waals surface area contributed by atoms with Gasteiger partial charge in [0, 0.05) is 6.42 Å². The predicted octanol–water partition coefficient (Wildman–Crippen LogP) is 2.68. The molecule has 0 bridgehead atoms. The molecule has 1 rings (SSSR count). The van der Waals surface area contributed by atoms with E-state index in [1.807, 2.05) is 0 Å². The summed E-state index contributed by atoms with van der Waals surface area (Å²) in [6.45, 7) is 1.74. The molecule has 0 aliphatic carbocycles. The molecule has 2 nitrogen and oxygen atoms in total. The van der Waals surface area contributed by atoms with Gasteiger partial charge in [0.2, 0.25) is 5.91 Å². The number of carbonyl (C=O) groups is 1. The Balaban J connectivity index is 2.83. The Morgan fingerprint density at radius 2 is 1.81 bits per heavy atom. The fourth-order valence-electron chi connectivity index (χ4n) is 1.42. The number of amides is 1. The molecule has 0 fully saturated rings. The van der Waals surface area contributed by atoms with Gasteiger partial charge in [-0.05, 0) is 23.6 Å². The molecule has 0 spiro atoms. The van der Waals surface area contributed by atoms with Gasteiger partial charge in [-0.15, -0.1) is 0 Å². The van der Waals surface area contributed by atoms with Gasteiger partial charge in [0.05, 0.1) is 5.56 Å². The first kappa shape index (κ1) is 12.5. The van der Waals surface area contributed by atoms with E-state index in [-0.39, 0.29) is 12.3 Å². The average Bonchev–Trinajstić information content (AvgIpc) is 2.15. The maximum Gasteiger partial charge on any atom is 0.416 e. The van der Waals surface area contributed by atoms with Crippen LogP contribution in [0.5, 0.6) is 0 Å². The third kappa shape index (κ3) is 3.25. The largest absolute Gasteiger partial charge is 0.416 e. The molecular formula is C11H12F3NO. The Kier molecular flexibility index (Phi) is 3.57. The Morgan fingerprint density at radius 1 is 1.31 bits per heavy atom. The lowest BCUT2D eigenvalue weighted by Gasteiger charge is -2.11. The molecule has 5 heteroatoms. The van der Waals surface area contributed by atoms with Gasteiger partial charge in [0.1, 0.15) is 0 Å². The molecule has 0 radical (unpaired) electrons. The molecule has 0 saturated carbocycles. The first-order chi connectivity index (χ1) is 7.30. The van der Waals surface area contributed by atoms with E-state index in [2.05, 4.69) is 0 Å². The van der Waals surface area contributed by atoms with Crippen LogP contribution in [0.15, 0.2) is 24.3 Å². The highest BCUT2D eigenvalue weighted by Gasteiger charge is 2.30. The van der Waals surface area contributed by atoms with Crippen molar-refractivity contribution >= 4 is 5.91 Å². The fourth-order valence-corrected chi connectivity index (χ4v) is 1.42. The third-order valence-corrected chi connectivity index (χ3v) is 2.31. The van der Waals surface area contributed by atoms with Crippen molar-refractivity contribution in [1.29, 1.82) is 0 Å². The summed E-state index contributed by atoms with van der Waals surface area (Å²) in [6.07, 6.45) is -4.20. The van der Waals surface area contributed by atoms with Crippen molar-refractivity contribution in [2.75, 3.05) is 0 Å². The van der Waals surface area contributed by atoms with Crippen LogP contribution >= 0.6 is 0 Å². The summed E-state index contributed by atoms with van der Waals surface area (Å²) >= 11 is 0.